The fourth-order valence-corrected chi connectivity index (χ4v) is 5.27. The third-order valence-corrected chi connectivity index (χ3v) is 7.15. The second kappa shape index (κ2) is 8.96. The van der Waals surface area contributed by atoms with Crippen molar-refractivity contribution >= 4 is 52.2 Å². The molecule has 2 aromatic carbocycles. The lowest BCUT2D eigenvalue weighted by atomic mass is 9.87. The second-order valence-electron chi connectivity index (χ2n) is 9.51. The van der Waals surface area contributed by atoms with Gasteiger partial charge >= 0.3 is 0 Å². The maximum absolute atomic E-state index is 13.6. The Labute approximate surface area is 212 Å². The van der Waals surface area contributed by atoms with Crippen LogP contribution in [-0.2, 0) is 9.59 Å². The molecule has 2 amide bonds. The van der Waals surface area contributed by atoms with E-state index in [1.165, 1.54) is 4.90 Å². The molecule has 7 heteroatoms. The highest BCUT2D eigenvalue weighted by Gasteiger charge is 2.36. The Morgan fingerprint density at radius 2 is 1.83 bits per heavy atom. The molecular formula is C28H31N3O3S. The number of fused-ring (bicyclic) bond motifs is 1. The van der Waals surface area contributed by atoms with Crippen LogP contribution in [0.4, 0.5) is 11.4 Å². The predicted molar refractivity (Wildman–Crippen MR) is 146 cm³/mol. The summed E-state index contributed by atoms with van der Waals surface area (Å²) >= 11 is 5.38. The molecule has 0 aliphatic carbocycles. The molecule has 182 valence electrons. The Balaban J connectivity index is 1.85. The summed E-state index contributed by atoms with van der Waals surface area (Å²) in [6.45, 7) is 13.3. The van der Waals surface area contributed by atoms with Crippen LogP contribution in [0.3, 0.4) is 0 Å². The SMILES string of the molecule is CCN1c2cc(OC)c(/C=C3/C(=O)NC(=S)N(c4cccc(C)c4C)C3=O)cc2C(C)=CC1(C)C. The molecule has 0 spiro atoms. The Morgan fingerprint density at radius 3 is 2.49 bits per heavy atom. The average molecular weight is 490 g/mol. The van der Waals surface area contributed by atoms with E-state index in [0.29, 0.717) is 17.0 Å². The van der Waals surface area contributed by atoms with Gasteiger partial charge in [0.2, 0.25) is 0 Å². The van der Waals surface area contributed by atoms with Gasteiger partial charge in [0.25, 0.3) is 11.8 Å². The molecular weight excluding hydrogens is 458 g/mol. The van der Waals surface area contributed by atoms with Crippen molar-refractivity contribution in [1.82, 2.24) is 5.32 Å². The minimum atomic E-state index is -0.523. The Bertz CT molecular complexity index is 1320. The molecule has 1 fully saturated rings. The summed E-state index contributed by atoms with van der Waals surface area (Å²) in [6, 6.07) is 9.65. The summed E-state index contributed by atoms with van der Waals surface area (Å²) in [5.41, 5.74) is 6.37. The van der Waals surface area contributed by atoms with Gasteiger partial charge in [0.15, 0.2) is 5.11 Å². The molecule has 6 nitrogen and oxygen atoms in total. The summed E-state index contributed by atoms with van der Waals surface area (Å²) < 4.78 is 5.71. The number of likely N-dealkylation sites (N-methyl/N-ethyl adjacent to an activating group) is 1. The number of anilines is 2. The van der Waals surface area contributed by atoms with Crippen LogP contribution in [0.15, 0.2) is 42.0 Å². The number of aryl methyl sites for hydroxylation is 1. The zero-order valence-electron chi connectivity index (χ0n) is 21.3. The van der Waals surface area contributed by atoms with Crippen molar-refractivity contribution in [1.29, 1.82) is 0 Å². The fraction of sp³-hybridized carbons (Fsp3) is 0.321. The van der Waals surface area contributed by atoms with E-state index >= 15 is 0 Å². The van der Waals surface area contributed by atoms with Gasteiger partial charge in [0.05, 0.1) is 18.3 Å². The molecule has 2 aliphatic rings. The van der Waals surface area contributed by atoms with Gasteiger partial charge in [-0.1, -0.05) is 18.2 Å². The highest BCUT2D eigenvalue weighted by molar-refractivity contribution is 7.80. The first-order valence-electron chi connectivity index (χ1n) is 11.7. The van der Waals surface area contributed by atoms with E-state index in [-0.39, 0.29) is 16.2 Å². The summed E-state index contributed by atoms with van der Waals surface area (Å²) in [4.78, 5) is 30.2. The number of carbonyl (C=O) groups excluding carboxylic acids is 2. The summed E-state index contributed by atoms with van der Waals surface area (Å²) in [6.07, 6.45) is 3.83. The van der Waals surface area contributed by atoms with Crippen LogP contribution in [0.2, 0.25) is 0 Å². The Hall–Kier alpha value is -3.45. The normalized spacial score (nSPS) is 18.4. The van der Waals surface area contributed by atoms with E-state index in [4.69, 9.17) is 17.0 Å². The van der Waals surface area contributed by atoms with Gasteiger partial charge in [0, 0.05) is 29.4 Å². The van der Waals surface area contributed by atoms with Gasteiger partial charge in [-0.3, -0.25) is 19.8 Å². The molecule has 1 saturated heterocycles. The van der Waals surface area contributed by atoms with E-state index < -0.39 is 11.8 Å². The number of carbonyl (C=O) groups is 2. The average Bonchev–Trinajstić information content (AvgIpc) is 2.78. The lowest BCUT2D eigenvalue weighted by Gasteiger charge is -2.43. The van der Waals surface area contributed by atoms with Gasteiger partial charge in [-0.2, -0.15) is 0 Å². The third kappa shape index (κ3) is 4.14. The monoisotopic (exact) mass is 489 g/mol. The lowest BCUT2D eigenvalue weighted by molar-refractivity contribution is -0.122. The van der Waals surface area contributed by atoms with Crippen LogP contribution >= 0.6 is 12.2 Å². The van der Waals surface area contributed by atoms with E-state index in [1.807, 2.05) is 44.2 Å². The van der Waals surface area contributed by atoms with Crippen LogP contribution in [0.25, 0.3) is 11.6 Å². The third-order valence-electron chi connectivity index (χ3n) is 6.86. The molecule has 35 heavy (non-hydrogen) atoms. The molecule has 2 aliphatic heterocycles. The molecule has 4 rings (SSSR count). The van der Waals surface area contributed by atoms with E-state index in [0.717, 1.165) is 34.5 Å². The largest absolute Gasteiger partial charge is 0.496 e. The van der Waals surface area contributed by atoms with Crippen molar-refractivity contribution in [3.05, 3.63) is 64.2 Å². The molecule has 0 radical (unpaired) electrons. The second-order valence-corrected chi connectivity index (χ2v) is 9.90. The van der Waals surface area contributed by atoms with Gasteiger partial charge in [-0.05, 0) is 88.7 Å². The number of nitrogens with one attached hydrogen (secondary N) is 1. The quantitative estimate of drug-likeness (QED) is 0.365. The Morgan fingerprint density at radius 1 is 1.11 bits per heavy atom. The summed E-state index contributed by atoms with van der Waals surface area (Å²) in [5.74, 6) is -0.395. The number of rotatable bonds is 4. The molecule has 0 bridgehead atoms. The molecule has 1 N–H and O–H groups in total. The number of hydrogen-bond donors (Lipinski definition) is 1. The summed E-state index contributed by atoms with van der Waals surface area (Å²) in [7, 11) is 1.59. The first-order chi connectivity index (χ1) is 16.5. The highest BCUT2D eigenvalue weighted by Crippen LogP contribution is 2.42. The molecule has 0 saturated carbocycles. The minimum absolute atomic E-state index is 0.00266. The molecule has 0 atom stereocenters. The smallest absolute Gasteiger partial charge is 0.270 e. The highest BCUT2D eigenvalue weighted by atomic mass is 32.1. The minimum Gasteiger partial charge on any atom is -0.496 e. The zero-order valence-corrected chi connectivity index (χ0v) is 22.1. The number of thiocarbonyl (C=S) groups is 1. The predicted octanol–water partition coefficient (Wildman–Crippen LogP) is 5.17. The number of allylic oxidation sites excluding steroid dienone is 1. The number of methoxy groups -OCH3 is 1. The molecule has 2 aromatic rings. The standard InChI is InChI=1S/C28H31N3O3S/c1-8-30-23-14-24(34-7)19(12-20(23)17(3)15-28(30,5)6)13-21-25(32)29-27(35)31(26(21)33)22-11-9-10-16(2)18(22)4/h9-15H,8H2,1-7H3,(H,29,32,35)/b21-13-. The van der Waals surface area contributed by atoms with Crippen molar-refractivity contribution < 1.29 is 14.3 Å². The van der Waals surface area contributed by atoms with E-state index in [9.17, 15) is 9.59 Å². The van der Waals surface area contributed by atoms with Crippen LogP contribution in [0.5, 0.6) is 5.75 Å². The maximum Gasteiger partial charge on any atom is 0.270 e. The Kier molecular flexibility index (Phi) is 6.32. The summed E-state index contributed by atoms with van der Waals surface area (Å²) in [5, 5.41) is 2.75. The van der Waals surface area contributed by atoms with Gasteiger partial charge in [-0.15, -0.1) is 0 Å². The van der Waals surface area contributed by atoms with Crippen LogP contribution in [0.1, 0.15) is 49.9 Å². The van der Waals surface area contributed by atoms with Crippen LogP contribution in [-0.4, -0.2) is 36.1 Å². The number of amides is 2. The zero-order chi connectivity index (χ0) is 25.7. The van der Waals surface area contributed by atoms with E-state index in [1.54, 1.807) is 13.2 Å². The first-order valence-corrected chi connectivity index (χ1v) is 12.1. The topological polar surface area (TPSA) is 61.9 Å². The first kappa shape index (κ1) is 24.7. The van der Waals surface area contributed by atoms with Crippen molar-refractivity contribution in [3.8, 4) is 5.75 Å². The van der Waals surface area contributed by atoms with Gasteiger partial charge < -0.3 is 9.64 Å². The number of hydrogen-bond acceptors (Lipinski definition) is 5. The van der Waals surface area contributed by atoms with Crippen molar-refractivity contribution in [2.45, 2.75) is 47.1 Å². The molecule has 2 heterocycles. The van der Waals surface area contributed by atoms with Crippen molar-refractivity contribution in [2.24, 2.45) is 0 Å². The van der Waals surface area contributed by atoms with E-state index in [2.05, 4.69) is 44.0 Å². The van der Waals surface area contributed by atoms with Gasteiger partial charge in [-0.25, -0.2) is 0 Å². The molecule has 0 unspecified atom stereocenters. The lowest BCUT2D eigenvalue weighted by Crippen LogP contribution is -2.54. The van der Waals surface area contributed by atoms with Crippen molar-refractivity contribution in [2.75, 3.05) is 23.5 Å². The number of benzene rings is 2. The molecule has 0 aromatic heterocycles. The van der Waals surface area contributed by atoms with Crippen LogP contribution in [0, 0.1) is 13.8 Å². The number of nitrogens with zero attached hydrogens (tertiary/aromatic N) is 2. The maximum atomic E-state index is 13.6. The number of ether oxygens (including phenoxy) is 1. The van der Waals surface area contributed by atoms with Crippen LogP contribution < -0.4 is 19.9 Å². The van der Waals surface area contributed by atoms with Gasteiger partial charge in [0.1, 0.15) is 11.3 Å². The van der Waals surface area contributed by atoms with Crippen molar-refractivity contribution in [3.63, 3.8) is 0 Å². The fourth-order valence-electron chi connectivity index (χ4n) is 5.00.